The van der Waals surface area contributed by atoms with Crippen molar-refractivity contribution in [2.75, 3.05) is 0 Å². The van der Waals surface area contributed by atoms with Crippen molar-refractivity contribution in [2.45, 2.75) is 13.1 Å². The molecule has 0 aliphatic rings. The predicted molar refractivity (Wildman–Crippen MR) is 74.5 cm³/mol. The van der Waals surface area contributed by atoms with Crippen molar-refractivity contribution in [2.24, 2.45) is 0 Å². The van der Waals surface area contributed by atoms with Crippen molar-refractivity contribution in [3.63, 3.8) is 0 Å². The van der Waals surface area contributed by atoms with Gasteiger partial charge in [-0.05, 0) is 34.5 Å². The molecule has 0 spiro atoms. The van der Waals surface area contributed by atoms with Gasteiger partial charge in [-0.2, -0.15) is 11.3 Å². The van der Waals surface area contributed by atoms with Crippen molar-refractivity contribution in [1.29, 1.82) is 0 Å². The summed E-state index contributed by atoms with van der Waals surface area (Å²) in [6, 6.07) is 10.4. The van der Waals surface area contributed by atoms with Gasteiger partial charge in [0.05, 0.1) is 10.2 Å². The highest BCUT2D eigenvalue weighted by molar-refractivity contribution is 7.18. The maximum absolute atomic E-state index is 4.59. The molecular weight excluding hydrogens is 248 g/mol. The fourth-order valence-corrected chi connectivity index (χ4v) is 3.31. The van der Waals surface area contributed by atoms with Crippen LogP contribution in [0.2, 0.25) is 0 Å². The van der Waals surface area contributed by atoms with Crippen LogP contribution in [0.4, 0.5) is 0 Å². The van der Waals surface area contributed by atoms with Crippen molar-refractivity contribution >= 4 is 32.9 Å². The van der Waals surface area contributed by atoms with Crippen molar-refractivity contribution in [3.05, 3.63) is 51.7 Å². The molecule has 0 amide bonds. The van der Waals surface area contributed by atoms with Crippen LogP contribution in [-0.2, 0) is 13.1 Å². The van der Waals surface area contributed by atoms with E-state index in [-0.39, 0.29) is 0 Å². The van der Waals surface area contributed by atoms with Crippen LogP contribution in [0.15, 0.2) is 41.1 Å². The Morgan fingerprint density at radius 1 is 1.12 bits per heavy atom. The quantitative estimate of drug-likeness (QED) is 0.774. The third kappa shape index (κ3) is 2.54. The lowest BCUT2D eigenvalue weighted by atomic mass is 10.3. The Bertz CT molecular complexity index is 566. The van der Waals surface area contributed by atoms with Gasteiger partial charge in [-0.15, -0.1) is 11.3 Å². The van der Waals surface area contributed by atoms with Crippen LogP contribution in [0, 0.1) is 0 Å². The Morgan fingerprint density at radius 3 is 2.88 bits per heavy atom. The van der Waals surface area contributed by atoms with Crippen LogP contribution in [-0.4, -0.2) is 4.98 Å². The molecule has 1 N–H and O–H groups in total. The summed E-state index contributed by atoms with van der Waals surface area (Å²) in [4.78, 5) is 4.59. The Labute approximate surface area is 108 Å². The minimum atomic E-state index is 0.842. The van der Waals surface area contributed by atoms with Crippen LogP contribution in [0.25, 0.3) is 10.2 Å². The molecule has 0 unspecified atom stereocenters. The molecule has 1 aromatic carbocycles. The molecule has 0 saturated carbocycles. The number of hydrogen-bond acceptors (Lipinski definition) is 4. The zero-order valence-corrected chi connectivity index (χ0v) is 10.9. The second-order valence-corrected chi connectivity index (χ2v) is 5.71. The van der Waals surface area contributed by atoms with E-state index in [1.165, 1.54) is 10.3 Å². The summed E-state index contributed by atoms with van der Waals surface area (Å²) in [6.45, 7) is 1.76. The molecule has 3 aromatic rings. The van der Waals surface area contributed by atoms with Crippen LogP contribution >= 0.6 is 22.7 Å². The van der Waals surface area contributed by atoms with Gasteiger partial charge in [0.2, 0.25) is 0 Å². The Hall–Kier alpha value is -1.23. The van der Waals surface area contributed by atoms with E-state index in [0.717, 1.165) is 23.6 Å². The molecule has 0 bridgehead atoms. The van der Waals surface area contributed by atoms with Gasteiger partial charge in [0.15, 0.2) is 0 Å². The van der Waals surface area contributed by atoms with Gasteiger partial charge in [-0.25, -0.2) is 4.98 Å². The Balaban J connectivity index is 1.65. The number of para-hydroxylation sites is 1. The number of aromatic nitrogens is 1. The normalized spacial score (nSPS) is 11.1. The molecule has 4 heteroatoms. The van der Waals surface area contributed by atoms with Crippen molar-refractivity contribution < 1.29 is 0 Å². The topological polar surface area (TPSA) is 24.9 Å². The number of nitrogens with one attached hydrogen (secondary N) is 1. The van der Waals surface area contributed by atoms with E-state index >= 15 is 0 Å². The zero-order valence-electron chi connectivity index (χ0n) is 9.22. The van der Waals surface area contributed by atoms with E-state index in [0.29, 0.717) is 0 Å². The average molecular weight is 260 g/mol. The van der Waals surface area contributed by atoms with Crippen molar-refractivity contribution in [1.82, 2.24) is 10.3 Å². The van der Waals surface area contributed by atoms with E-state index in [4.69, 9.17) is 0 Å². The van der Waals surface area contributed by atoms with E-state index in [1.54, 1.807) is 22.7 Å². The number of fused-ring (bicyclic) bond motifs is 1. The lowest BCUT2D eigenvalue weighted by Gasteiger charge is -1.99. The first-order valence-corrected chi connectivity index (χ1v) is 7.24. The number of nitrogens with zero attached hydrogens (tertiary/aromatic N) is 1. The number of hydrogen-bond donors (Lipinski definition) is 1. The molecule has 0 radical (unpaired) electrons. The lowest BCUT2D eigenvalue weighted by Crippen LogP contribution is -2.11. The second kappa shape index (κ2) is 4.96. The zero-order chi connectivity index (χ0) is 11.5. The Morgan fingerprint density at radius 2 is 2.06 bits per heavy atom. The van der Waals surface area contributed by atoms with Crippen LogP contribution in [0.3, 0.4) is 0 Å². The summed E-state index contributed by atoms with van der Waals surface area (Å²) in [6.07, 6.45) is 0. The predicted octanol–water partition coefficient (Wildman–Crippen LogP) is 3.65. The summed E-state index contributed by atoms with van der Waals surface area (Å²) >= 11 is 3.50. The summed E-state index contributed by atoms with van der Waals surface area (Å²) < 4.78 is 1.26. The van der Waals surface area contributed by atoms with Gasteiger partial charge >= 0.3 is 0 Å². The standard InChI is InChI=1S/C13H12N2S2/c1-2-4-12-11(3-1)15-13(17-12)8-14-7-10-5-6-16-9-10/h1-6,9,14H,7-8H2. The first kappa shape index (κ1) is 10.9. The maximum atomic E-state index is 4.59. The molecule has 2 nitrogen and oxygen atoms in total. The average Bonchev–Trinajstić information content (AvgIpc) is 2.96. The first-order valence-electron chi connectivity index (χ1n) is 5.48. The first-order chi connectivity index (χ1) is 8.42. The minimum absolute atomic E-state index is 0.842. The third-order valence-electron chi connectivity index (χ3n) is 2.52. The smallest absolute Gasteiger partial charge is 0.108 e. The monoisotopic (exact) mass is 260 g/mol. The van der Waals surface area contributed by atoms with Gasteiger partial charge in [0, 0.05) is 13.1 Å². The highest BCUT2D eigenvalue weighted by Gasteiger charge is 2.02. The lowest BCUT2D eigenvalue weighted by molar-refractivity contribution is 0.692. The summed E-state index contributed by atoms with van der Waals surface area (Å²) in [5.74, 6) is 0. The van der Waals surface area contributed by atoms with Crippen molar-refractivity contribution in [3.8, 4) is 0 Å². The largest absolute Gasteiger partial charge is 0.306 e. The molecule has 3 rings (SSSR count). The molecule has 0 fully saturated rings. The summed E-state index contributed by atoms with van der Waals surface area (Å²) in [5, 5.41) is 8.85. The fourth-order valence-electron chi connectivity index (χ4n) is 1.70. The Kier molecular flexibility index (Phi) is 3.18. The van der Waals surface area contributed by atoms with E-state index in [9.17, 15) is 0 Å². The molecule has 2 aromatic heterocycles. The van der Waals surface area contributed by atoms with Crippen LogP contribution in [0.5, 0.6) is 0 Å². The van der Waals surface area contributed by atoms with Gasteiger partial charge in [-0.3, -0.25) is 0 Å². The van der Waals surface area contributed by atoms with E-state index in [2.05, 4.69) is 45.3 Å². The molecular formula is C13H12N2S2. The second-order valence-electron chi connectivity index (χ2n) is 3.81. The molecule has 17 heavy (non-hydrogen) atoms. The van der Waals surface area contributed by atoms with Crippen LogP contribution < -0.4 is 5.32 Å². The SMILES string of the molecule is c1ccc2sc(CNCc3ccsc3)nc2c1. The highest BCUT2D eigenvalue weighted by Crippen LogP contribution is 2.21. The van der Waals surface area contributed by atoms with Gasteiger partial charge in [0.25, 0.3) is 0 Å². The number of thiophene rings is 1. The molecule has 86 valence electrons. The number of rotatable bonds is 4. The minimum Gasteiger partial charge on any atom is -0.306 e. The maximum Gasteiger partial charge on any atom is 0.108 e. The molecule has 0 saturated heterocycles. The third-order valence-corrected chi connectivity index (χ3v) is 4.29. The summed E-state index contributed by atoms with van der Waals surface area (Å²) in [7, 11) is 0. The number of thiazole rings is 1. The molecule has 2 heterocycles. The highest BCUT2D eigenvalue weighted by atomic mass is 32.1. The van der Waals surface area contributed by atoms with Gasteiger partial charge in [0.1, 0.15) is 5.01 Å². The molecule has 0 aliphatic heterocycles. The van der Waals surface area contributed by atoms with Crippen LogP contribution in [0.1, 0.15) is 10.6 Å². The van der Waals surface area contributed by atoms with E-state index < -0.39 is 0 Å². The van der Waals surface area contributed by atoms with Gasteiger partial charge < -0.3 is 5.32 Å². The molecule has 0 atom stereocenters. The summed E-state index contributed by atoms with van der Waals surface area (Å²) in [5.41, 5.74) is 2.45. The molecule has 0 aliphatic carbocycles. The fraction of sp³-hybridized carbons (Fsp3) is 0.154. The number of benzene rings is 1. The van der Waals surface area contributed by atoms with E-state index in [1.807, 2.05) is 6.07 Å². The van der Waals surface area contributed by atoms with Gasteiger partial charge in [-0.1, -0.05) is 12.1 Å².